The van der Waals surface area contributed by atoms with Crippen molar-refractivity contribution in [3.05, 3.63) is 81.8 Å². The van der Waals surface area contributed by atoms with Crippen molar-refractivity contribution in [2.75, 3.05) is 25.0 Å². The van der Waals surface area contributed by atoms with Gasteiger partial charge in [0.1, 0.15) is 5.70 Å². The van der Waals surface area contributed by atoms with Gasteiger partial charge in [-0.2, -0.15) is 5.11 Å². The number of hydrogen-bond donors (Lipinski definition) is 3. The summed E-state index contributed by atoms with van der Waals surface area (Å²) in [6.45, 7) is 3.42. The lowest BCUT2D eigenvalue weighted by molar-refractivity contribution is 0.343. The Balaban J connectivity index is 1.49. The monoisotopic (exact) mass is 423 g/mol. The van der Waals surface area contributed by atoms with Gasteiger partial charge in [-0.1, -0.05) is 12.1 Å². The number of halogens is 2. The third-order valence-corrected chi connectivity index (χ3v) is 5.53. The smallest absolute Gasteiger partial charge is 0.258 e. The first kappa shape index (κ1) is 20.9. The highest BCUT2D eigenvalue weighted by atomic mass is 19.2. The van der Waals surface area contributed by atoms with E-state index in [9.17, 15) is 13.6 Å². The number of H-pyrrole nitrogens is 1. The number of likely N-dealkylation sites (tertiary alicyclic amines) is 1. The van der Waals surface area contributed by atoms with Crippen LogP contribution < -0.4 is 10.9 Å². The van der Waals surface area contributed by atoms with Gasteiger partial charge in [0.15, 0.2) is 11.6 Å². The number of rotatable bonds is 7. The van der Waals surface area contributed by atoms with E-state index < -0.39 is 17.2 Å². The molecule has 0 aliphatic carbocycles. The standard InChI is InChI=1S/C23H23F2N5O/c24-19-12-16-11-18(23(31)28-21(16)13-20(19)25)22(29-26)14-27-17-5-3-15(4-6-17)7-10-30-8-1-2-9-30/h3-6,11-14,26-27H,1-2,7-10H2,(H,28,31)/b22-14-,29-26?. The maximum Gasteiger partial charge on any atom is 0.258 e. The molecule has 0 atom stereocenters. The van der Waals surface area contributed by atoms with Crippen LogP contribution in [0.25, 0.3) is 16.6 Å². The van der Waals surface area contributed by atoms with E-state index >= 15 is 0 Å². The predicted octanol–water partition coefficient (Wildman–Crippen LogP) is 4.89. The lowest BCUT2D eigenvalue weighted by Crippen LogP contribution is -2.21. The number of aromatic amines is 1. The number of nitrogens with one attached hydrogen (secondary N) is 3. The molecule has 0 spiro atoms. The van der Waals surface area contributed by atoms with E-state index in [1.54, 1.807) is 0 Å². The minimum Gasteiger partial charge on any atom is -0.360 e. The third-order valence-electron chi connectivity index (χ3n) is 5.53. The number of pyridine rings is 1. The second-order valence-electron chi connectivity index (χ2n) is 7.65. The second kappa shape index (κ2) is 9.18. The summed E-state index contributed by atoms with van der Waals surface area (Å²) in [6.07, 6.45) is 5.00. The first-order valence-electron chi connectivity index (χ1n) is 10.2. The molecule has 1 aliphatic rings. The van der Waals surface area contributed by atoms with Gasteiger partial charge >= 0.3 is 0 Å². The molecular formula is C23H23F2N5O. The largest absolute Gasteiger partial charge is 0.360 e. The highest BCUT2D eigenvalue weighted by Crippen LogP contribution is 2.21. The van der Waals surface area contributed by atoms with Crippen LogP contribution in [0, 0.1) is 17.2 Å². The fraction of sp³-hybridized carbons (Fsp3) is 0.261. The summed E-state index contributed by atoms with van der Waals surface area (Å²) >= 11 is 0. The van der Waals surface area contributed by atoms with Gasteiger partial charge < -0.3 is 15.2 Å². The number of nitrogens with zero attached hydrogens (tertiary/aromatic N) is 2. The van der Waals surface area contributed by atoms with E-state index in [2.05, 4.69) is 20.3 Å². The molecule has 0 radical (unpaired) electrons. The summed E-state index contributed by atoms with van der Waals surface area (Å²) in [4.78, 5) is 17.4. The van der Waals surface area contributed by atoms with Gasteiger partial charge in [-0.05, 0) is 62.2 Å². The summed E-state index contributed by atoms with van der Waals surface area (Å²) in [5, 5.41) is 6.78. The highest BCUT2D eigenvalue weighted by molar-refractivity contribution is 5.82. The van der Waals surface area contributed by atoms with E-state index in [1.807, 2.05) is 24.3 Å². The van der Waals surface area contributed by atoms with Crippen molar-refractivity contribution < 1.29 is 8.78 Å². The molecule has 2 aromatic carbocycles. The Kier molecular flexibility index (Phi) is 6.18. The van der Waals surface area contributed by atoms with Crippen molar-refractivity contribution in [3.8, 4) is 0 Å². The van der Waals surface area contributed by atoms with Crippen LogP contribution in [-0.4, -0.2) is 29.5 Å². The van der Waals surface area contributed by atoms with Crippen LogP contribution >= 0.6 is 0 Å². The van der Waals surface area contributed by atoms with Crippen LogP contribution in [-0.2, 0) is 6.42 Å². The maximum atomic E-state index is 13.6. The quantitative estimate of drug-likeness (QED) is 0.473. The second-order valence-corrected chi connectivity index (χ2v) is 7.65. The summed E-state index contributed by atoms with van der Waals surface area (Å²) in [7, 11) is 0. The normalized spacial score (nSPS) is 14.8. The van der Waals surface area contributed by atoms with Crippen LogP contribution in [0.5, 0.6) is 0 Å². The number of benzene rings is 2. The van der Waals surface area contributed by atoms with Crippen LogP contribution in [0.1, 0.15) is 24.0 Å². The van der Waals surface area contributed by atoms with Crippen LogP contribution in [0.4, 0.5) is 14.5 Å². The minimum atomic E-state index is -1.04. The van der Waals surface area contributed by atoms with E-state index in [-0.39, 0.29) is 16.8 Å². The van der Waals surface area contributed by atoms with Crippen molar-refractivity contribution in [1.29, 1.82) is 5.53 Å². The van der Waals surface area contributed by atoms with Crippen LogP contribution in [0.15, 0.2) is 58.6 Å². The zero-order chi connectivity index (χ0) is 21.8. The molecule has 4 rings (SSSR count). The Morgan fingerprint density at radius 2 is 1.84 bits per heavy atom. The SMILES string of the molecule is N=N/C(=C\Nc1ccc(CCN2CCCC2)cc1)c1cc2cc(F)c(F)cc2[nH]c1=O. The van der Waals surface area contributed by atoms with Crippen molar-refractivity contribution in [2.45, 2.75) is 19.3 Å². The molecule has 0 amide bonds. The first-order chi connectivity index (χ1) is 15.0. The molecule has 6 nitrogen and oxygen atoms in total. The molecule has 31 heavy (non-hydrogen) atoms. The van der Waals surface area contributed by atoms with Crippen molar-refractivity contribution in [2.24, 2.45) is 5.11 Å². The number of aromatic nitrogens is 1. The summed E-state index contributed by atoms with van der Waals surface area (Å²) in [5.41, 5.74) is 9.27. The van der Waals surface area contributed by atoms with Crippen LogP contribution in [0.3, 0.4) is 0 Å². The maximum absolute atomic E-state index is 13.6. The molecule has 1 fully saturated rings. The zero-order valence-electron chi connectivity index (χ0n) is 16.9. The fourth-order valence-electron chi connectivity index (χ4n) is 3.77. The lowest BCUT2D eigenvalue weighted by atomic mass is 10.1. The summed E-state index contributed by atoms with van der Waals surface area (Å²) < 4.78 is 27.0. The Bertz CT molecular complexity index is 1180. The molecule has 0 saturated carbocycles. The molecule has 1 aromatic heterocycles. The first-order valence-corrected chi connectivity index (χ1v) is 10.2. The van der Waals surface area contributed by atoms with E-state index in [4.69, 9.17) is 5.53 Å². The van der Waals surface area contributed by atoms with Crippen molar-refractivity contribution in [3.63, 3.8) is 0 Å². The summed E-state index contributed by atoms with van der Waals surface area (Å²) in [5.74, 6) is -2.05. The zero-order valence-corrected chi connectivity index (χ0v) is 16.9. The van der Waals surface area contributed by atoms with Gasteiger partial charge in [-0.3, -0.25) is 4.79 Å². The molecule has 8 heteroatoms. The van der Waals surface area contributed by atoms with Gasteiger partial charge in [0.2, 0.25) is 0 Å². The molecule has 1 saturated heterocycles. The van der Waals surface area contributed by atoms with Gasteiger partial charge in [0, 0.05) is 29.9 Å². The number of fused-ring (bicyclic) bond motifs is 1. The Morgan fingerprint density at radius 3 is 2.55 bits per heavy atom. The van der Waals surface area contributed by atoms with Gasteiger partial charge in [0.05, 0.1) is 11.1 Å². The molecule has 3 N–H and O–H groups in total. The topological polar surface area (TPSA) is 84.3 Å². The molecular weight excluding hydrogens is 400 g/mol. The minimum absolute atomic E-state index is 0.0750. The Labute approximate surface area is 178 Å². The van der Waals surface area contributed by atoms with E-state index in [0.717, 1.165) is 30.8 Å². The number of hydrogen-bond acceptors (Lipinski definition) is 5. The molecule has 0 unspecified atom stereocenters. The van der Waals surface area contributed by atoms with Crippen molar-refractivity contribution in [1.82, 2.24) is 9.88 Å². The lowest BCUT2D eigenvalue weighted by Gasteiger charge is -2.14. The third kappa shape index (κ3) is 4.86. The Morgan fingerprint density at radius 1 is 1.13 bits per heavy atom. The highest BCUT2D eigenvalue weighted by Gasteiger charge is 2.12. The van der Waals surface area contributed by atoms with Gasteiger partial charge in [-0.15, -0.1) is 0 Å². The van der Waals surface area contributed by atoms with Gasteiger partial charge in [-0.25, -0.2) is 14.3 Å². The van der Waals surface area contributed by atoms with E-state index in [1.165, 1.54) is 43.8 Å². The molecule has 2 heterocycles. The number of anilines is 1. The summed E-state index contributed by atoms with van der Waals surface area (Å²) in [6, 6.07) is 11.3. The Hall–Kier alpha value is -3.39. The molecule has 3 aromatic rings. The van der Waals surface area contributed by atoms with Crippen molar-refractivity contribution >= 4 is 22.3 Å². The molecule has 160 valence electrons. The molecule has 0 bridgehead atoms. The average molecular weight is 423 g/mol. The van der Waals surface area contributed by atoms with Crippen LogP contribution in [0.2, 0.25) is 0 Å². The predicted molar refractivity (Wildman–Crippen MR) is 117 cm³/mol. The fourth-order valence-corrected chi connectivity index (χ4v) is 3.77. The average Bonchev–Trinajstić information content (AvgIpc) is 3.29. The molecule has 1 aliphatic heterocycles. The van der Waals surface area contributed by atoms with Gasteiger partial charge in [0.25, 0.3) is 5.56 Å². The van der Waals surface area contributed by atoms with E-state index in [0.29, 0.717) is 5.39 Å².